The normalized spacial score (nSPS) is 11.6. The molecule has 0 bridgehead atoms. The zero-order chi connectivity index (χ0) is 18.8. The highest BCUT2D eigenvalue weighted by Gasteiger charge is 2.12. The lowest BCUT2D eigenvalue weighted by Gasteiger charge is -2.16. The molecule has 1 unspecified atom stereocenters. The number of ether oxygens (including phenoxy) is 3. The van der Waals surface area contributed by atoms with Gasteiger partial charge in [0.1, 0.15) is 21.3 Å². The van der Waals surface area contributed by atoms with Crippen LogP contribution in [-0.2, 0) is 4.74 Å². The van der Waals surface area contributed by atoms with Crippen LogP contribution in [0.3, 0.4) is 0 Å². The van der Waals surface area contributed by atoms with Gasteiger partial charge in [0.2, 0.25) is 0 Å². The van der Waals surface area contributed by atoms with E-state index >= 15 is 0 Å². The van der Waals surface area contributed by atoms with Crippen molar-refractivity contribution in [3.8, 4) is 11.5 Å². The Morgan fingerprint density at radius 2 is 1.48 bits per heavy atom. The smallest absolute Gasteiger partial charge is 0.156 e. The van der Waals surface area contributed by atoms with E-state index in [4.69, 9.17) is 83.8 Å². The lowest BCUT2D eigenvalue weighted by atomic mass is 10.2. The maximum Gasteiger partial charge on any atom is 0.156 e. The molecule has 0 aliphatic rings. The fourth-order valence-corrected chi connectivity index (χ4v) is 2.45. The molecule has 1 rings (SSSR count). The maximum atomic E-state index is 6.20. The molecule has 0 aliphatic carbocycles. The molecular weight excluding hydrogens is 453 g/mol. The van der Waals surface area contributed by atoms with E-state index in [1.54, 1.807) is 18.2 Å². The molecule has 0 amide bonds. The fourth-order valence-electron chi connectivity index (χ4n) is 1.62. The maximum absolute atomic E-state index is 6.20. The molecule has 0 radical (unpaired) electrons. The lowest BCUT2D eigenvalue weighted by Crippen LogP contribution is -2.15. The molecule has 0 aromatic heterocycles. The highest BCUT2D eigenvalue weighted by molar-refractivity contribution is 6.56. The van der Waals surface area contributed by atoms with Crippen LogP contribution in [-0.4, -0.2) is 26.4 Å². The number of hydrogen-bond acceptors (Lipinski definition) is 3. The highest BCUT2D eigenvalue weighted by atomic mass is 35.5. The standard InChI is InChI=1S/C16H16Cl6O3/c1-10(8-23-4-2-14(19)20)9-25-16-12(17)6-11(7-13(16)18)24-5-3-15(21)22/h2-3,6-7,10H,4-5,8-9H2,1H3. The zero-order valence-corrected chi connectivity index (χ0v) is 17.7. The summed E-state index contributed by atoms with van der Waals surface area (Å²) in [7, 11) is 0. The third-order valence-corrected chi connectivity index (χ3v) is 3.91. The van der Waals surface area contributed by atoms with Crippen LogP contribution in [0.2, 0.25) is 10.0 Å². The first-order chi connectivity index (χ1) is 11.8. The second-order valence-corrected chi connectivity index (χ2v) is 7.80. The van der Waals surface area contributed by atoms with Crippen LogP contribution in [0.25, 0.3) is 0 Å². The third-order valence-electron chi connectivity index (χ3n) is 2.73. The van der Waals surface area contributed by atoms with Gasteiger partial charge in [-0.05, 0) is 12.2 Å². The minimum absolute atomic E-state index is 0.113. The van der Waals surface area contributed by atoms with Gasteiger partial charge in [0.25, 0.3) is 0 Å². The van der Waals surface area contributed by atoms with Gasteiger partial charge in [-0.15, -0.1) is 0 Å². The Bertz CT molecular complexity index is 587. The van der Waals surface area contributed by atoms with Gasteiger partial charge in [-0.3, -0.25) is 0 Å². The molecule has 0 saturated carbocycles. The van der Waals surface area contributed by atoms with Crippen molar-refractivity contribution < 1.29 is 14.2 Å². The first-order valence-corrected chi connectivity index (χ1v) is 9.41. The van der Waals surface area contributed by atoms with Gasteiger partial charge in [-0.2, -0.15) is 0 Å². The molecule has 1 aromatic carbocycles. The number of halogens is 6. The van der Waals surface area contributed by atoms with Crippen LogP contribution in [0, 0.1) is 5.92 Å². The van der Waals surface area contributed by atoms with Crippen LogP contribution in [0.5, 0.6) is 11.5 Å². The molecule has 0 N–H and O–H groups in total. The van der Waals surface area contributed by atoms with Gasteiger partial charge < -0.3 is 14.2 Å². The molecule has 25 heavy (non-hydrogen) atoms. The van der Waals surface area contributed by atoms with E-state index in [1.807, 2.05) is 6.92 Å². The van der Waals surface area contributed by atoms with E-state index in [1.165, 1.54) is 6.08 Å². The van der Waals surface area contributed by atoms with Crippen molar-refractivity contribution in [3.63, 3.8) is 0 Å². The number of hydrogen-bond donors (Lipinski definition) is 0. The summed E-state index contributed by atoms with van der Waals surface area (Å²) in [4.78, 5) is 0. The SMILES string of the molecule is CC(COCC=C(Cl)Cl)COc1c(Cl)cc(OCC=C(Cl)Cl)cc1Cl. The minimum Gasteiger partial charge on any atom is -0.490 e. The van der Waals surface area contributed by atoms with Crippen LogP contribution < -0.4 is 9.47 Å². The summed E-state index contributed by atoms with van der Waals surface area (Å²) in [6.07, 6.45) is 3.07. The molecule has 0 aliphatic heterocycles. The zero-order valence-electron chi connectivity index (χ0n) is 13.2. The highest BCUT2D eigenvalue weighted by Crippen LogP contribution is 2.37. The monoisotopic (exact) mass is 466 g/mol. The van der Waals surface area contributed by atoms with Gasteiger partial charge >= 0.3 is 0 Å². The van der Waals surface area contributed by atoms with Gasteiger partial charge in [-0.25, -0.2) is 0 Å². The largest absolute Gasteiger partial charge is 0.490 e. The molecule has 0 saturated heterocycles. The Morgan fingerprint density at radius 1 is 0.920 bits per heavy atom. The third kappa shape index (κ3) is 10.0. The average Bonchev–Trinajstić information content (AvgIpc) is 2.50. The summed E-state index contributed by atoms with van der Waals surface area (Å²) >= 11 is 34.4. The first kappa shape index (κ1) is 23.0. The first-order valence-electron chi connectivity index (χ1n) is 7.14. The van der Waals surface area contributed by atoms with Crippen molar-refractivity contribution in [1.29, 1.82) is 0 Å². The van der Waals surface area contributed by atoms with Crippen molar-refractivity contribution in [2.75, 3.05) is 26.4 Å². The Hall–Kier alpha value is -0.000000000000000167. The molecule has 1 atom stereocenters. The molecular formula is C16H16Cl6O3. The van der Waals surface area contributed by atoms with E-state index in [0.29, 0.717) is 41.4 Å². The average molecular weight is 469 g/mol. The molecule has 1 aromatic rings. The number of benzene rings is 1. The molecule has 0 fully saturated rings. The predicted octanol–water partition coefficient (Wildman–Crippen LogP) is 7.04. The molecule has 0 spiro atoms. The Kier molecular flexibility index (Phi) is 11.4. The van der Waals surface area contributed by atoms with Crippen molar-refractivity contribution in [1.82, 2.24) is 0 Å². The summed E-state index contributed by atoms with van der Waals surface area (Å²) in [5.41, 5.74) is 0. The molecule has 140 valence electrons. The van der Waals surface area contributed by atoms with Crippen molar-refractivity contribution >= 4 is 69.6 Å². The molecule has 9 heteroatoms. The van der Waals surface area contributed by atoms with Gasteiger partial charge in [0.05, 0.1) is 29.9 Å². The Balaban J connectivity index is 2.53. The minimum atomic E-state index is 0.113. The molecule has 0 heterocycles. The van der Waals surface area contributed by atoms with E-state index in [-0.39, 0.29) is 21.5 Å². The van der Waals surface area contributed by atoms with Gasteiger partial charge in [-0.1, -0.05) is 76.5 Å². The van der Waals surface area contributed by atoms with E-state index in [0.717, 1.165) is 0 Å². The van der Waals surface area contributed by atoms with Gasteiger partial charge in [0.15, 0.2) is 5.75 Å². The summed E-state index contributed by atoms with van der Waals surface area (Å²) in [6, 6.07) is 3.21. The van der Waals surface area contributed by atoms with Crippen LogP contribution in [0.15, 0.2) is 33.3 Å². The summed E-state index contributed by atoms with van der Waals surface area (Å²) in [5, 5.41) is 0.682. The fraction of sp³-hybridized carbons (Fsp3) is 0.375. The van der Waals surface area contributed by atoms with Crippen LogP contribution >= 0.6 is 69.6 Å². The second-order valence-electron chi connectivity index (χ2n) is 4.97. The summed E-state index contributed by atoms with van der Waals surface area (Å²) in [5.74, 6) is 0.980. The van der Waals surface area contributed by atoms with Crippen LogP contribution in [0.1, 0.15) is 6.92 Å². The van der Waals surface area contributed by atoms with Crippen molar-refractivity contribution in [2.45, 2.75) is 6.92 Å². The molecule has 3 nitrogen and oxygen atoms in total. The van der Waals surface area contributed by atoms with E-state index in [2.05, 4.69) is 0 Å². The Morgan fingerprint density at radius 3 is 2.04 bits per heavy atom. The topological polar surface area (TPSA) is 27.7 Å². The Labute approximate surface area is 177 Å². The van der Waals surface area contributed by atoms with E-state index < -0.39 is 0 Å². The van der Waals surface area contributed by atoms with Crippen molar-refractivity contribution in [3.05, 3.63) is 43.3 Å². The second kappa shape index (κ2) is 12.4. The van der Waals surface area contributed by atoms with Crippen LogP contribution in [0.4, 0.5) is 0 Å². The lowest BCUT2D eigenvalue weighted by molar-refractivity contribution is 0.104. The number of rotatable bonds is 10. The van der Waals surface area contributed by atoms with Gasteiger partial charge in [0, 0.05) is 18.1 Å². The quantitative estimate of drug-likeness (QED) is 0.344. The van der Waals surface area contributed by atoms with Crippen molar-refractivity contribution in [2.24, 2.45) is 5.92 Å². The summed E-state index contributed by atoms with van der Waals surface area (Å²) in [6.45, 7) is 3.35. The van der Waals surface area contributed by atoms with E-state index in [9.17, 15) is 0 Å². The predicted molar refractivity (Wildman–Crippen MR) is 107 cm³/mol. The summed E-state index contributed by atoms with van der Waals surface area (Å²) < 4.78 is 16.8.